The molecule has 0 saturated carbocycles. The molecular formula is C9H16O2. The maximum atomic E-state index is 5.42. The summed E-state index contributed by atoms with van der Waals surface area (Å²) in [6.07, 6.45) is 4.08. The van der Waals surface area contributed by atoms with E-state index in [-0.39, 0.29) is 11.2 Å². The van der Waals surface area contributed by atoms with E-state index < -0.39 is 0 Å². The zero-order valence-electron chi connectivity index (χ0n) is 7.68. The lowest BCUT2D eigenvalue weighted by atomic mass is 10.0. The first kappa shape index (κ1) is 8.75. The van der Waals surface area contributed by atoms with Crippen LogP contribution in [0.3, 0.4) is 0 Å². The second kappa shape index (κ2) is 2.61. The molecule has 0 radical (unpaired) electrons. The van der Waals surface area contributed by atoms with E-state index in [1.54, 1.807) is 0 Å². The van der Waals surface area contributed by atoms with Crippen molar-refractivity contribution in [2.75, 3.05) is 6.79 Å². The highest BCUT2D eigenvalue weighted by atomic mass is 16.7. The summed E-state index contributed by atoms with van der Waals surface area (Å²) in [4.78, 5) is 0. The summed E-state index contributed by atoms with van der Waals surface area (Å²) < 4.78 is 10.8. The van der Waals surface area contributed by atoms with Crippen LogP contribution in [-0.2, 0) is 9.47 Å². The van der Waals surface area contributed by atoms with E-state index in [0.717, 1.165) is 0 Å². The molecule has 0 unspecified atom stereocenters. The van der Waals surface area contributed by atoms with Gasteiger partial charge in [-0.25, -0.2) is 0 Å². The van der Waals surface area contributed by atoms with Gasteiger partial charge >= 0.3 is 0 Å². The molecule has 0 bridgehead atoms. The lowest BCUT2D eigenvalue weighted by Gasteiger charge is -2.19. The van der Waals surface area contributed by atoms with E-state index in [1.165, 1.54) is 0 Å². The first-order valence-electron chi connectivity index (χ1n) is 3.90. The Kier molecular flexibility index (Phi) is 2.08. The summed E-state index contributed by atoms with van der Waals surface area (Å²) in [7, 11) is 0. The second-order valence-electron chi connectivity index (χ2n) is 3.95. The van der Waals surface area contributed by atoms with Crippen molar-refractivity contribution in [3.8, 4) is 0 Å². The van der Waals surface area contributed by atoms with Gasteiger partial charge in [0.2, 0.25) is 0 Å². The third kappa shape index (κ3) is 2.64. The van der Waals surface area contributed by atoms with Gasteiger partial charge in [-0.2, -0.15) is 0 Å². The summed E-state index contributed by atoms with van der Waals surface area (Å²) in [5.74, 6) is 0. The highest BCUT2D eigenvalue weighted by Crippen LogP contribution is 2.21. The van der Waals surface area contributed by atoms with Crippen molar-refractivity contribution in [2.24, 2.45) is 0 Å². The predicted molar refractivity (Wildman–Crippen MR) is 44.3 cm³/mol. The lowest BCUT2D eigenvalue weighted by molar-refractivity contribution is -0.137. The molecule has 64 valence electrons. The van der Waals surface area contributed by atoms with E-state index in [4.69, 9.17) is 9.47 Å². The molecule has 0 aromatic carbocycles. The average molecular weight is 156 g/mol. The second-order valence-corrected chi connectivity index (χ2v) is 3.95. The number of hydrogen-bond acceptors (Lipinski definition) is 2. The van der Waals surface area contributed by atoms with Crippen LogP contribution in [0.1, 0.15) is 27.7 Å². The summed E-state index contributed by atoms with van der Waals surface area (Å²) in [6, 6.07) is 0. The van der Waals surface area contributed by atoms with Crippen LogP contribution in [0.5, 0.6) is 0 Å². The van der Waals surface area contributed by atoms with Crippen molar-refractivity contribution in [3.05, 3.63) is 12.2 Å². The summed E-state index contributed by atoms with van der Waals surface area (Å²) in [5, 5.41) is 0. The molecule has 0 saturated heterocycles. The zero-order chi connectivity index (χ0) is 8.54. The van der Waals surface area contributed by atoms with Crippen molar-refractivity contribution >= 4 is 0 Å². The first-order valence-corrected chi connectivity index (χ1v) is 3.90. The van der Waals surface area contributed by atoms with E-state index in [0.29, 0.717) is 6.79 Å². The lowest BCUT2D eigenvalue weighted by Crippen LogP contribution is -2.23. The van der Waals surface area contributed by atoms with Crippen molar-refractivity contribution in [1.29, 1.82) is 0 Å². The number of rotatable bonds is 0. The van der Waals surface area contributed by atoms with Crippen molar-refractivity contribution in [2.45, 2.75) is 38.9 Å². The fourth-order valence-corrected chi connectivity index (χ4v) is 0.831. The molecule has 0 aromatic rings. The topological polar surface area (TPSA) is 18.5 Å². The molecule has 0 amide bonds. The minimum Gasteiger partial charge on any atom is -0.345 e. The van der Waals surface area contributed by atoms with Crippen LogP contribution < -0.4 is 0 Å². The van der Waals surface area contributed by atoms with Gasteiger partial charge < -0.3 is 9.47 Å². The quantitative estimate of drug-likeness (QED) is 0.500. The Hall–Kier alpha value is -0.340. The molecule has 0 N–H and O–H groups in total. The van der Waals surface area contributed by atoms with Crippen LogP contribution >= 0.6 is 0 Å². The van der Waals surface area contributed by atoms with Crippen LogP contribution in [0.15, 0.2) is 12.2 Å². The largest absolute Gasteiger partial charge is 0.345 e. The summed E-state index contributed by atoms with van der Waals surface area (Å²) in [5.41, 5.74) is -0.373. The van der Waals surface area contributed by atoms with Gasteiger partial charge in [-0.05, 0) is 27.7 Å². The van der Waals surface area contributed by atoms with Crippen LogP contribution in [0.4, 0.5) is 0 Å². The van der Waals surface area contributed by atoms with E-state index in [1.807, 2.05) is 39.8 Å². The Bertz CT molecular complexity index is 150. The molecule has 1 aliphatic heterocycles. The fourth-order valence-electron chi connectivity index (χ4n) is 0.831. The molecule has 2 nitrogen and oxygen atoms in total. The van der Waals surface area contributed by atoms with Crippen molar-refractivity contribution < 1.29 is 9.47 Å². The molecule has 0 aromatic heterocycles. The van der Waals surface area contributed by atoms with E-state index in [2.05, 4.69) is 0 Å². The maximum Gasteiger partial charge on any atom is 0.149 e. The molecule has 0 atom stereocenters. The molecule has 1 aliphatic rings. The number of ether oxygens (including phenoxy) is 2. The van der Waals surface area contributed by atoms with Crippen LogP contribution in [-0.4, -0.2) is 18.0 Å². The third-order valence-electron chi connectivity index (χ3n) is 1.75. The molecule has 11 heavy (non-hydrogen) atoms. The smallest absolute Gasteiger partial charge is 0.149 e. The Morgan fingerprint density at radius 3 is 1.64 bits per heavy atom. The zero-order valence-corrected chi connectivity index (χ0v) is 7.68. The Morgan fingerprint density at radius 2 is 1.27 bits per heavy atom. The minimum absolute atomic E-state index is 0.187. The van der Waals surface area contributed by atoms with E-state index in [9.17, 15) is 0 Å². The summed E-state index contributed by atoms with van der Waals surface area (Å²) in [6.45, 7) is 8.46. The number of hydrogen-bond donors (Lipinski definition) is 0. The Morgan fingerprint density at radius 1 is 0.909 bits per heavy atom. The van der Waals surface area contributed by atoms with Gasteiger partial charge in [0.05, 0.1) is 11.2 Å². The van der Waals surface area contributed by atoms with Crippen LogP contribution in [0.25, 0.3) is 0 Å². The van der Waals surface area contributed by atoms with Crippen molar-refractivity contribution in [3.63, 3.8) is 0 Å². The Balaban J connectivity index is 2.72. The molecule has 1 heterocycles. The van der Waals surface area contributed by atoms with E-state index >= 15 is 0 Å². The normalized spacial score (nSPS) is 28.0. The van der Waals surface area contributed by atoms with Gasteiger partial charge in [-0.15, -0.1) is 0 Å². The van der Waals surface area contributed by atoms with Gasteiger partial charge in [0, 0.05) is 0 Å². The SMILES string of the molecule is CC1(C)C=CC(C)(C)OCO1. The molecule has 1 rings (SSSR count). The average Bonchev–Trinajstić information content (AvgIpc) is 1.92. The standard InChI is InChI=1S/C9H16O2/c1-8(2)5-6-9(3,4)11-7-10-8/h5-6H,7H2,1-4H3. The third-order valence-corrected chi connectivity index (χ3v) is 1.75. The van der Waals surface area contributed by atoms with Gasteiger partial charge in [-0.1, -0.05) is 12.2 Å². The molecule has 0 spiro atoms. The van der Waals surface area contributed by atoms with Crippen LogP contribution in [0, 0.1) is 0 Å². The molecule has 2 heteroatoms. The fraction of sp³-hybridized carbons (Fsp3) is 0.778. The van der Waals surface area contributed by atoms with Crippen molar-refractivity contribution in [1.82, 2.24) is 0 Å². The van der Waals surface area contributed by atoms with Gasteiger partial charge in [-0.3, -0.25) is 0 Å². The summed E-state index contributed by atoms with van der Waals surface area (Å²) >= 11 is 0. The first-order chi connectivity index (χ1) is 4.91. The minimum atomic E-state index is -0.187. The molecular weight excluding hydrogens is 140 g/mol. The molecule has 0 fully saturated rings. The van der Waals surface area contributed by atoms with Crippen LogP contribution in [0.2, 0.25) is 0 Å². The highest BCUT2D eigenvalue weighted by Gasteiger charge is 2.23. The highest BCUT2D eigenvalue weighted by molar-refractivity contribution is 5.05. The van der Waals surface area contributed by atoms with Gasteiger partial charge in [0.25, 0.3) is 0 Å². The van der Waals surface area contributed by atoms with Gasteiger partial charge in [0.1, 0.15) is 6.79 Å². The predicted octanol–water partition coefficient (Wildman–Crippen LogP) is 2.10. The monoisotopic (exact) mass is 156 g/mol. The maximum absolute atomic E-state index is 5.42. The molecule has 0 aliphatic carbocycles. The van der Waals surface area contributed by atoms with Gasteiger partial charge in [0.15, 0.2) is 0 Å². The Labute approximate surface area is 68.2 Å².